The summed E-state index contributed by atoms with van der Waals surface area (Å²) in [4.78, 5) is 27.9. The predicted molar refractivity (Wildman–Crippen MR) is 127 cm³/mol. The lowest BCUT2D eigenvalue weighted by Crippen LogP contribution is -2.44. The van der Waals surface area contributed by atoms with Gasteiger partial charge in [-0.2, -0.15) is 0 Å². The molecule has 4 aliphatic rings. The fourth-order valence-corrected chi connectivity index (χ4v) is 6.73. The molecule has 0 radical (unpaired) electrons. The maximum Gasteiger partial charge on any atom is 0.227 e. The largest absolute Gasteiger partial charge is 0.353 e. The summed E-state index contributed by atoms with van der Waals surface area (Å²) in [5, 5.41) is 6.51. The van der Waals surface area contributed by atoms with Crippen LogP contribution in [0.5, 0.6) is 0 Å². The Morgan fingerprint density at radius 2 is 1.72 bits per heavy atom. The van der Waals surface area contributed by atoms with Gasteiger partial charge in [0.2, 0.25) is 11.8 Å². The molecule has 0 spiro atoms. The van der Waals surface area contributed by atoms with Crippen molar-refractivity contribution in [2.75, 3.05) is 18.4 Å². The van der Waals surface area contributed by atoms with Crippen LogP contribution in [0.15, 0.2) is 24.3 Å². The second-order valence-electron chi connectivity index (χ2n) is 10.9. The quantitative estimate of drug-likeness (QED) is 0.677. The highest BCUT2D eigenvalue weighted by Crippen LogP contribution is 2.48. The summed E-state index contributed by atoms with van der Waals surface area (Å²) in [7, 11) is 0. The van der Waals surface area contributed by atoms with Gasteiger partial charge in [-0.25, -0.2) is 0 Å². The summed E-state index contributed by atoms with van der Waals surface area (Å²) in [5.74, 6) is 2.28. The van der Waals surface area contributed by atoms with Crippen molar-refractivity contribution in [3.8, 4) is 0 Å². The molecule has 2 amide bonds. The first-order valence-corrected chi connectivity index (χ1v) is 13.1. The van der Waals surface area contributed by atoms with Gasteiger partial charge in [0, 0.05) is 30.1 Å². The van der Waals surface area contributed by atoms with Crippen molar-refractivity contribution < 1.29 is 9.59 Å². The Labute approximate surface area is 192 Å². The first-order chi connectivity index (χ1) is 15.6. The van der Waals surface area contributed by atoms with Crippen LogP contribution in [0.2, 0.25) is 0 Å². The molecule has 1 aromatic rings. The number of anilines is 1. The molecule has 5 nitrogen and oxygen atoms in total. The minimum Gasteiger partial charge on any atom is -0.353 e. The minimum atomic E-state index is 0.167. The predicted octanol–water partition coefficient (Wildman–Crippen LogP) is 4.72. The van der Waals surface area contributed by atoms with Gasteiger partial charge in [0.05, 0.1) is 0 Å². The van der Waals surface area contributed by atoms with Gasteiger partial charge in [-0.15, -0.1) is 0 Å². The molecule has 174 valence electrons. The number of hydrogen-bond acceptors (Lipinski definition) is 3. The molecule has 0 unspecified atom stereocenters. The topological polar surface area (TPSA) is 61.4 Å². The van der Waals surface area contributed by atoms with E-state index >= 15 is 0 Å². The van der Waals surface area contributed by atoms with Crippen molar-refractivity contribution >= 4 is 17.5 Å². The van der Waals surface area contributed by atoms with Crippen LogP contribution in [0.1, 0.15) is 76.2 Å². The number of likely N-dealkylation sites (tertiary alicyclic amines) is 1. The Morgan fingerprint density at radius 1 is 0.906 bits per heavy atom. The van der Waals surface area contributed by atoms with Crippen molar-refractivity contribution in [1.82, 2.24) is 10.2 Å². The number of nitrogens with zero attached hydrogens (tertiary/aromatic N) is 1. The Bertz CT molecular complexity index is 811. The molecule has 32 heavy (non-hydrogen) atoms. The summed E-state index contributed by atoms with van der Waals surface area (Å²) >= 11 is 0. The van der Waals surface area contributed by atoms with Crippen LogP contribution in [0.25, 0.3) is 0 Å². The van der Waals surface area contributed by atoms with Gasteiger partial charge in [-0.1, -0.05) is 37.8 Å². The SMILES string of the molecule is O=C(NC1CCCCC1)C1CCN(Cc2cccc(NC(=O)[C@@H]3C[C@@H]4CC[C@H]3C4)c2)CC1. The van der Waals surface area contributed by atoms with Crippen molar-refractivity contribution in [2.45, 2.75) is 83.2 Å². The van der Waals surface area contributed by atoms with Crippen LogP contribution in [0.4, 0.5) is 5.69 Å². The molecule has 2 N–H and O–H groups in total. The second kappa shape index (κ2) is 9.94. The molecule has 3 saturated carbocycles. The zero-order valence-corrected chi connectivity index (χ0v) is 19.4. The van der Waals surface area contributed by atoms with E-state index in [-0.39, 0.29) is 23.7 Å². The number of carbonyl (C=O) groups is 2. The zero-order valence-electron chi connectivity index (χ0n) is 19.4. The lowest BCUT2D eigenvalue weighted by atomic mass is 9.88. The second-order valence-corrected chi connectivity index (χ2v) is 10.9. The summed E-state index contributed by atoms with van der Waals surface area (Å²) < 4.78 is 0. The Kier molecular flexibility index (Phi) is 6.82. The molecule has 1 aliphatic heterocycles. The van der Waals surface area contributed by atoms with Crippen LogP contribution >= 0.6 is 0 Å². The van der Waals surface area contributed by atoms with E-state index in [1.54, 1.807) is 0 Å². The normalized spacial score (nSPS) is 29.2. The maximum absolute atomic E-state index is 12.8. The zero-order chi connectivity index (χ0) is 21.9. The van der Waals surface area contributed by atoms with Crippen LogP contribution in [-0.4, -0.2) is 35.8 Å². The Balaban J connectivity index is 1.08. The number of rotatable bonds is 6. The van der Waals surface area contributed by atoms with Gasteiger partial charge >= 0.3 is 0 Å². The smallest absolute Gasteiger partial charge is 0.227 e. The number of fused-ring (bicyclic) bond motifs is 2. The standard InChI is InChI=1S/C27H39N3O2/c31-26(28-23-6-2-1-3-7-23)21-11-13-30(14-12-21)18-20-5-4-8-24(16-20)29-27(32)25-17-19-9-10-22(25)15-19/h4-5,8,16,19,21-23,25H,1-3,6-7,9-15,17-18H2,(H,28,31)(H,29,32)/t19-,22+,25-/m1/s1. The number of benzene rings is 1. The van der Waals surface area contributed by atoms with E-state index in [1.807, 2.05) is 6.07 Å². The summed E-state index contributed by atoms with van der Waals surface area (Å²) in [5.41, 5.74) is 2.16. The van der Waals surface area contributed by atoms with Gasteiger partial charge < -0.3 is 10.6 Å². The van der Waals surface area contributed by atoms with E-state index in [1.165, 1.54) is 44.1 Å². The van der Waals surface area contributed by atoms with Crippen LogP contribution in [0.3, 0.4) is 0 Å². The highest BCUT2D eigenvalue weighted by molar-refractivity contribution is 5.93. The number of amides is 2. The van der Waals surface area contributed by atoms with E-state index in [4.69, 9.17) is 0 Å². The number of nitrogens with one attached hydrogen (secondary N) is 2. The molecule has 3 atom stereocenters. The number of piperidine rings is 1. The van der Waals surface area contributed by atoms with Crippen molar-refractivity contribution in [3.05, 3.63) is 29.8 Å². The lowest BCUT2D eigenvalue weighted by molar-refractivity contribution is -0.127. The molecule has 2 bridgehead atoms. The third-order valence-corrected chi connectivity index (χ3v) is 8.59. The highest BCUT2D eigenvalue weighted by atomic mass is 16.2. The average Bonchev–Trinajstić information content (AvgIpc) is 3.44. The van der Waals surface area contributed by atoms with Crippen molar-refractivity contribution in [2.24, 2.45) is 23.7 Å². The number of hydrogen-bond donors (Lipinski definition) is 2. The number of carbonyl (C=O) groups excluding carboxylic acids is 2. The van der Waals surface area contributed by atoms with Gasteiger partial charge in [-0.3, -0.25) is 14.5 Å². The minimum absolute atomic E-state index is 0.167. The van der Waals surface area contributed by atoms with Gasteiger partial charge in [-0.05, 0) is 87.6 Å². The van der Waals surface area contributed by atoms with E-state index in [0.29, 0.717) is 12.0 Å². The highest BCUT2D eigenvalue weighted by Gasteiger charge is 2.43. The molecule has 1 aromatic carbocycles. The molecule has 1 saturated heterocycles. The molecular formula is C27H39N3O2. The fourth-order valence-electron chi connectivity index (χ4n) is 6.73. The van der Waals surface area contributed by atoms with Crippen molar-refractivity contribution in [3.63, 3.8) is 0 Å². The Morgan fingerprint density at radius 3 is 2.44 bits per heavy atom. The van der Waals surface area contributed by atoms with E-state index < -0.39 is 0 Å². The third-order valence-electron chi connectivity index (χ3n) is 8.59. The van der Waals surface area contributed by atoms with Crippen LogP contribution in [0, 0.1) is 23.7 Å². The van der Waals surface area contributed by atoms with Gasteiger partial charge in [0.15, 0.2) is 0 Å². The molecule has 0 aromatic heterocycles. The van der Waals surface area contributed by atoms with Crippen LogP contribution < -0.4 is 10.6 Å². The van der Waals surface area contributed by atoms with Gasteiger partial charge in [0.1, 0.15) is 0 Å². The van der Waals surface area contributed by atoms with Crippen LogP contribution in [-0.2, 0) is 16.1 Å². The van der Waals surface area contributed by atoms with E-state index in [0.717, 1.165) is 63.3 Å². The first-order valence-electron chi connectivity index (χ1n) is 13.1. The molecule has 4 fully saturated rings. The molecular weight excluding hydrogens is 398 g/mol. The van der Waals surface area contributed by atoms with Crippen molar-refractivity contribution in [1.29, 1.82) is 0 Å². The first kappa shape index (κ1) is 21.9. The van der Waals surface area contributed by atoms with E-state index in [9.17, 15) is 9.59 Å². The maximum atomic E-state index is 12.8. The molecule has 5 rings (SSSR count). The molecule has 5 heteroatoms. The van der Waals surface area contributed by atoms with E-state index in [2.05, 4.69) is 33.7 Å². The molecule has 3 aliphatic carbocycles. The summed E-state index contributed by atoms with van der Waals surface area (Å²) in [6.07, 6.45) is 12.9. The average molecular weight is 438 g/mol. The fraction of sp³-hybridized carbons (Fsp3) is 0.704. The summed E-state index contributed by atoms with van der Waals surface area (Å²) in [6, 6.07) is 8.75. The Hall–Kier alpha value is -1.88. The summed E-state index contributed by atoms with van der Waals surface area (Å²) in [6.45, 7) is 2.81. The third kappa shape index (κ3) is 5.19. The molecule has 1 heterocycles. The van der Waals surface area contributed by atoms with Gasteiger partial charge in [0.25, 0.3) is 0 Å². The lowest BCUT2D eigenvalue weighted by Gasteiger charge is -2.32. The monoisotopic (exact) mass is 437 g/mol.